The summed E-state index contributed by atoms with van der Waals surface area (Å²) in [4.78, 5) is 36.8. The van der Waals surface area contributed by atoms with Gasteiger partial charge in [0, 0.05) is 4.47 Å². The van der Waals surface area contributed by atoms with Crippen molar-refractivity contribution < 1.29 is 19.1 Å². The molecule has 0 radical (unpaired) electrons. The lowest BCUT2D eigenvalue weighted by Gasteiger charge is -2.22. The quantitative estimate of drug-likeness (QED) is 0.612. The largest absolute Gasteiger partial charge is 0.459 e. The van der Waals surface area contributed by atoms with E-state index >= 15 is 0 Å². The number of hydrogen-bond donors (Lipinski definition) is 0. The summed E-state index contributed by atoms with van der Waals surface area (Å²) in [6, 6.07) is 4.95. The van der Waals surface area contributed by atoms with E-state index in [0.717, 1.165) is 4.90 Å². The molecule has 0 saturated carbocycles. The van der Waals surface area contributed by atoms with Gasteiger partial charge in [0.1, 0.15) is 12.1 Å². The summed E-state index contributed by atoms with van der Waals surface area (Å²) in [7, 11) is 0. The molecule has 0 saturated heterocycles. The molecule has 1 heterocycles. The maximum absolute atomic E-state index is 12.0. The summed E-state index contributed by atoms with van der Waals surface area (Å²) in [6.07, 6.45) is 0. The number of esters is 1. The molecule has 0 spiro atoms. The van der Waals surface area contributed by atoms with Crippen molar-refractivity contribution in [2.75, 3.05) is 11.4 Å². The van der Waals surface area contributed by atoms with Crippen LogP contribution in [-0.4, -0.2) is 29.8 Å². The van der Waals surface area contributed by atoms with Crippen LogP contribution in [0.15, 0.2) is 22.7 Å². The maximum atomic E-state index is 12.0. The SMILES string of the molecule is CC(C)(C)OC(=O)CN1C(=O)C(=O)c2cccc(Br)c21. The number of anilines is 1. The normalized spacial score (nSPS) is 14.5. The monoisotopic (exact) mass is 339 g/mol. The number of fused-ring (bicyclic) bond motifs is 1. The molecule has 5 nitrogen and oxygen atoms in total. The minimum atomic E-state index is -0.710. The second kappa shape index (κ2) is 5.01. The van der Waals surface area contributed by atoms with Gasteiger partial charge in [0.2, 0.25) is 0 Å². The average Bonchev–Trinajstić information content (AvgIpc) is 2.53. The molecule has 20 heavy (non-hydrogen) atoms. The number of halogens is 1. The zero-order valence-corrected chi connectivity index (χ0v) is 13.0. The lowest BCUT2D eigenvalue weighted by molar-refractivity contribution is -0.153. The first-order valence-corrected chi connectivity index (χ1v) is 6.86. The smallest absolute Gasteiger partial charge is 0.326 e. The molecule has 0 aliphatic carbocycles. The Balaban J connectivity index is 2.29. The van der Waals surface area contributed by atoms with Crippen molar-refractivity contribution in [3.63, 3.8) is 0 Å². The lowest BCUT2D eigenvalue weighted by Crippen LogP contribution is -2.38. The van der Waals surface area contributed by atoms with Crippen molar-refractivity contribution in [3.8, 4) is 0 Å². The standard InChI is InChI=1S/C14H14BrNO4/c1-14(2,3)20-10(17)7-16-11-8(12(18)13(16)19)5-4-6-9(11)15/h4-6H,7H2,1-3H3. The zero-order chi connectivity index (χ0) is 15.1. The Morgan fingerprint density at radius 2 is 1.95 bits per heavy atom. The number of carbonyl (C=O) groups excluding carboxylic acids is 3. The number of carbonyl (C=O) groups is 3. The summed E-state index contributed by atoms with van der Waals surface area (Å²) in [5, 5.41) is 0. The highest BCUT2D eigenvalue weighted by molar-refractivity contribution is 9.10. The van der Waals surface area contributed by atoms with Crippen LogP contribution in [0.4, 0.5) is 5.69 Å². The summed E-state index contributed by atoms with van der Waals surface area (Å²) >= 11 is 3.30. The van der Waals surface area contributed by atoms with E-state index < -0.39 is 23.3 Å². The van der Waals surface area contributed by atoms with Crippen LogP contribution in [0.1, 0.15) is 31.1 Å². The third-order valence-electron chi connectivity index (χ3n) is 2.65. The van der Waals surface area contributed by atoms with Crippen molar-refractivity contribution in [3.05, 3.63) is 28.2 Å². The van der Waals surface area contributed by atoms with Crippen LogP contribution in [-0.2, 0) is 14.3 Å². The summed E-state index contributed by atoms with van der Waals surface area (Å²) < 4.78 is 5.77. The van der Waals surface area contributed by atoms with E-state index in [9.17, 15) is 14.4 Å². The van der Waals surface area contributed by atoms with Gasteiger partial charge in [-0.25, -0.2) is 0 Å². The molecular formula is C14H14BrNO4. The van der Waals surface area contributed by atoms with Crippen molar-refractivity contribution in [1.29, 1.82) is 0 Å². The number of amides is 1. The second-order valence-electron chi connectivity index (χ2n) is 5.44. The summed E-state index contributed by atoms with van der Waals surface area (Å²) in [5.41, 5.74) is 0.0851. The second-order valence-corrected chi connectivity index (χ2v) is 6.30. The number of rotatable bonds is 2. The van der Waals surface area contributed by atoms with Crippen molar-refractivity contribution in [2.24, 2.45) is 0 Å². The van der Waals surface area contributed by atoms with Gasteiger partial charge in [-0.15, -0.1) is 0 Å². The van der Waals surface area contributed by atoms with Crippen LogP contribution in [0.3, 0.4) is 0 Å². The van der Waals surface area contributed by atoms with Gasteiger partial charge >= 0.3 is 5.97 Å². The highest BCUT2D eigenvalue weighted by atomic mass is 79.9. The number of benzene rings is 1. The first-order chi connectivity index (χ1) is 9.20. The van der Waals surface area contributed by atoms with Gasteiger partial charge in [0.15, 0.2) is 0 Å². The molecule has 0 atom stereocenters. The van der Waals surface area contributed by atoms with E-state index in [1.807, 2.05) is 0 Å². The number of ketones is 1. The minimum Gasteiger partial charge on any atom is -0.459 e. The van der Waals surface area contributed by atoms with Crippen LogP contribution >= 0.6 is 15.9 Å². The molecule has 0 aromatic heterocycles. The number of nitrogens with zero attached hydrogens (tertiary/aromatic N) is 1. The topological polar surface area (TPSA) is 63.7 Å². The maximum Gasteiger partial charge on any atom is 0.326 e. The van der Waals surface area contributed by atoms with Gasteiger partial charge in [0.05, 0.1) is 11.3 Å². The van der Waals surface area contributed by atoms with Crippen molar-refractivity contribution in [1.82, 2.24) is 0 Å². The predicted molar refractivity (Wildman–Crippen MR) is 76.7 cm³/mol. The molecular weight excluding hydrogens is 326 g/mol. The Kier molecular flexibility index (Phi) is 3.69. The van der Waals surface area contributed by atoms with Crippen molar-refractivity contribution in [2.45, 2.75) is 26.4 Å². The number of Topliss-reactive ketones (excluding diaryl/α,β-unsaturated/α-hetero) is 1. The molecule has 106 valence electrons. The van der Waals surface area contributed by atoms with Gasteiger partial charge in [-0.3, -0.25) is 19.3 Å². The highest BCUT2D eigenvalue weighted by Gasteiger charge is 2.38. The molecule has 1 aliphatic rings. The molecule has 6 heteroatoms. The fourth-order valence-corrected chi connectivity index (χ4v) is 2.55. The Labute approximate surface area is 125 Å². The average molecular weight is 340 g/mol. The number of hydrogen-bond acceptors (Lipinski definition) is 4. The van der Waals surface area contributed by atoms with Crippen molar-refractivity contribution >= 4 is 39.3 Å². The van der Waals surface area contributed by atoms with Gasteiger partial charge in [0.25, 0.3) is 11.7 Å². The molecule has 1 amide bonds. The lowest BCUT2D eigenvalue weighted by atomic mass is 10.1. The van der Waals surface area contributed by atoms with E-state index in [1.165, 1.54) is 0 Å². The first kappa shape index (κ1) is 14.7. The molecule has 0 unspecified atom stereocenters. The predicted octanol–water partition coefficient (Wildman–Crippen LogP) is 2.32. The molecule has 0 N–H and O–H groups in total. The minimum absolute atomic E-state index is 0.280. The Morgan fingerprint density at radius 1 is 1.30 bits per heavy atom. The molecule has 2 rings (SSSR count). The van der Waals surface area contributed by atoms with Crippen LogP contribution in [0.5, 0.6) is 0 Å². The third kappa shape index (κ3) is 2.75. The Hall–Kier alpha value is -1.69. The van der Waals surface area contributed by atoms with Gasteiger partial charge in [-0.05, 0) is 48.8 Å². The fourth-order valence-electron chi connectivity index (χ4n) is 1.97. The number of para-hydroxylation sites is 1. The Morgan fingerprint density at radius 3 is 2.55 bits per heavy atom. The van der Waals surface area contributed by atoms with Crippen LogP contribution in [0.25, 0.3) is 0 Å². The van der Waals surface area contributed by atoms with E-state index in [-0.39, 0.29) is 6.54 Å². The molecule has 1 aliphatic heterocycles. The summed E-state index contributed by atoms with van der Waals surface area (Å²) in [6.45, 7) is 4.95. The van der Waals surface area contributed by atoms with Crippen LogP contribution in [0.2, 0.25) is 0 Å². The fraction of sp³-hybridized carbons (Fsp3) is 0.357. The van der Waals surface area contributed by atoms with E-state index in [2.05, 4.69) is 15.9 Å². The third-order valence-corrected chi connectivity index (χ3v) is 3.29. The van der Waals surface area contributed by atoms with Gasteiger partial charge in [-0.1, -0.05) is 6.07 Å². The van der Waals surface area contributed by atoms with E-state index in [0.29, 0.717) is 15.7 Å². The molecule has 1 aromatic carbocycles. The molecule has 0 fully saturated rings. The van der Waals surface area contributed by atoms with Crippen LogP contribution < -0.4 is 4.90 Å². The van der Waals surface area contributed by atoms with Gasteiger partial charge in [-0.2, -0.15) is 0 Å². The summed E-state index contributed by atoms with van der Waals surface area (Å²) in [5.74, 6) is -1.87. The van der Waals surface area contributed by atoms with Gasteiger partial charge < -0.3 is 4.74 Å². The van der Waals surface area contributed by atoms with E-state index in [1.54, 1.807) is 39.0 Å². The molecule has 0 bridgehead atoms. The first-order valence-electron chi connectivity index (χ1n) is 6.07. The van der Waals surface area contributed by atoms with E-state index in [4.69, 9.17) is 4.74 Å². The zero-order valence-electron chi connectivity index (χ0n) is 11.4. The van der Waals surface area contributed by atoms with Crippen LogP contribution in [0, 0.1) is 0 Å². The molecule has 1 aromatic rings. The number of ether oxygens (including phenoxy) is 1. The Bertz CT molecular complexity index is 604. The highest BCUT2D eigenvalue weighted by Crippen LogP contribution is 2.35.